The molecule has 0 saturated heterocycles. The van der Waals surface area contributed by atoms with Crippen molar-refractivity contribution in [1.29, 1.82) is 0 Å². The van der Waals surface area contributed by atoms with Gasteiger partial charge in [0.25, 0.3) is 0 Å². The van der Waals surface area contributed by atoms with E-state index in [9.17, 15) is 4.79 Å². The van der Waals surface area contributed by atoms with Gasteiger partial charge in [0, 0.05) is 32.4 Å². The standard InChI is InChI=1S/C15H25N3O/c1-15(2,8-9-16)7-6-14(19)18(3)12-13-5-4-10-17-11-13/h4-5,10-11H,6-9,12,16H2,1-3H3. The van der Waals surface area contributed by atoms with E-state index in [1.54, 1.807) is 17.3 Å². The summed E-state index contributed by atoms with van der Waals surface area (Å²) in [6, 6.07) is 3.87. The van der Waals surface area contributed by atoms with Gasteiger partial charge in [-0.05, 0) is 36.4 Å². The summed E-state index contributed by atoms with van der Waals surface area (Å²) in [6.45, 7) is 5.61. The Morgan fingerprint density at radius 3 is 2.74 bits per heavy atom. The van der Waals surface area contributed by atoms with E-state index in [0.717, 1.165) is 18.4 Å². The maximum atomic E-state index is 12.1. The van der Waals surface area contributed by atoms with Gasteiger partial charge < -0.3 is 10.6 Å². The molecule has 19 heavy (non-hydrogen) atoms. The van der Waals surface area contributed by atoms with Gasteiger partial charge in [-0.1, -0.05) is 19.9 Å². The second kappa shape index (κ2) is 7.24. The Bertz CT molecular complexity index is 390. The van der Waals surface area contributed by atoms with Gasteiger partial charge in [-0.25, -0.2) is 0 Å². The van der Waals surface area contributed by atoms with Crippen molar-refractivity contribution < 1.29 is 4.79 Å². The minimum atomic E-state index is 0.138. The van der Waals surface area contributed by atoms with Gasteiger partial charge in [0.2, 0.25) is 5.91 Å². The predicted octanol–water partition coefficient (Wildman–Crippen LogP) is 2.20. The third kappa shape index (κ3) is 5.83. The fourth-order valence-electron chi connectivity index (χ4n) is 2.01. The maximum Gasteiger partial charge on any atom is 0.222 e. The fraction of sp³-hybridized carbons (Fsp3) is 0.600. The van der Waals surface area contributed by atoms with Crippen LogP contribution in [-0.4, -0.2) is 29.4 Å². The summed E-state index contributed by atoms with van der Waals surface area (Å²) in [7, 11) is 1.84. The number of nitrogens with two attached hydrogens (primary N) is 1. The second-order valence-corrected chi connectivity index (χ2v) is 5.81. The highest BCUT2D eigenvalue weighted by Gasteiger charge is 2.19. The van der Waals surface area contributed by atoms with Crippen LogP contribution in [-0.2, 0) is 11.3 Å². The number of hydrogen-bond donors (Lipinski definition) is 1. The molecule has 0 aliphatic heterocycles. The van der Waals surface area contributed by atoms with Crippen LogP contribution in [0.15, 0.2) is 24.5 Å². The normalized spacial score (nSPS) is 11.4. The van der Waals surface area contributed by atoms with Gasteiger partial charge in [0.1, 0.15) is 0 Å². The molecule has 0 spiro atoms. The van der Waals surface area contributed by atoms with Crippen molar-refractivity contribution >= 4 is 5.91 Å². The molecule has 0 radical (unpaired) electrons. The average Bonchev–Trinajstić information content (AvgIpc) is 2.37. The Balaban J connectivity index is 2.41. The summed E-state index contributed by atoms with van der Waals surface area (Å²) >= 11 is 0. The zero-order valence-corrected chi connectivity index (χ0v) is 12.2. The van der Waals surface area contributed by atoms with Crippen LogP contribution in [0.2, 0.25) is 0 Å². The molecule has 106 valence electrons. The Kier molecular flexibility index (Phi) is 5.96. The highest BCUT2D eigenvalue weighted by Crippen LogP contribution is 2.26. The molecule has 1 aromatic heterocycles. The number of amides is 1. The summed E-state index contributed by atoms with van der Waals surface area (Å²) in [5.74, 6) is 0.175. The molecule has 1 amide bonds. The zero-order valence-electron chi connectivity index (χ0n) is 12.2. The van der Waals surface area contributed by atoms with E-state index in [1.807, 2.05) is 19.2 Å². The average molecular weight is 263 g/mol. The molecule has 0 fully saturated rings. The lowest BCUT2D eigenvalue weighted by Gasteiger charge is -2.25. The number of carbonyl (C=O) groups excluding carboxylic acids is 1. The Morgan fingerprint density at radius 2 is 2.16 bits per heavy atom. The van der Waals surface area contributed by atoms with Crippen LogP contribution in [0.25, 0.3) is 0 Å². The number of pyridine rings is 1. The molecule has 4 heteroatoms. The van der Waals surface area contributed by atoms with Crippen LogP contribution in [0.3, 0.4) is 0 Å². The van der Waals surface area contributed by atoms with Crippen molar-refractivity contribution in [2.75, 3.05) is 13.6 Å². The summed E-state index contributed by atoms with van der Waals surface area (Å²) in [5.41, 5.74) is 6.77. The smallest absolute Gasteiger partial charge is 0.222 e. The maximum absolute atomic E-state index is 12.1. The summed E-state index contributed by atoms with van der Waals surface area (Å²) in [6.07, 6.45) is 5.93. The third-order valence-corrected chi connectivity index (χ3v) is 3.41. The molecule has 1 rings (SSSR count). The highest BCUT2D eigenvalue weighted by atomic mass is 16.2. The van der Waals surface area contributed by atoms with Gasteiger partial charge in [-0.3, -0.25) is 9.78 Å². The lowest BCUT2D eigenvalue weighted by molar-refractivity contribution is -0.131. The molecule has 0 aromatic carbocycles. The molecule has 4 nitrogen and oxygen atoms in total. The first-order valence-corrected chi connectivity index (χ1v) is 6.77. The molecule has 0 aliphatic rings. The van der Waals surface area contributed by atoms with Crippen LogP contribution in [0.1, 0.15) is 38.7 Å². The van der Waals surface area contributed by atoms with E-state index < -0.39 is 0 Å². The van der Waals surface area contributed by atoms with Crippen molar-refractivity contribution in [3.05, 3.63) is 30.1 Å². The molecule has 0 atom stereocenters. The number of nitrogens with zero attached hydrogens (tertiary/aromatic N) is 2. The first-order chi connectivity index (χ1) is 8.94. The zero-order chi connectivity index (χ0) is 14.3. The summed E-state index contributed by atoms with van der Waals surface area (Å²) in [4.78, 5) is 17.9. The first kappa shape index (κ1) is 15.6. The third-order valence-electron chi connectivity index (χ3n) is 3.41. The van der Waals surface area contributed by atoms with E-state index in [4.69, 9.17) is 5.73 Å². The molecular weight excluding hydrogens is 238 g/mol. The molecular formula is C15H25N3O. The van der Waals surface area contributed by atoms with E-state index in [2.05, 4.69) is 18.8 Å². The van der Waals surface area contributed by atoms with Crippen LogP contribution in [0.5, 0.6) is 0 Å². The van der Waals surface area contributed by atoms with Crippen LogP contribution < -0.4 is 5.73 Å². The van der Waals surface area contributed by atoms with Gasteiger partial charge >= 0.3 is 0 Å². The van der Waals surface area contributed by atoms with Gasteiger partial charge in [-0.2, -0.15) is 0 Å². The monoisotopic (exact) mass is 263 g/mol. The van der Waals surface area contributed by atoms with Crippen LogP contribution in [0.4, 0.5) is 0 Å². The number of carbonyl (C=O) groups is 1. The number of rotatable bonds is 7. The number of aromatic nitrogens is 1. The van der Waals surface area contributed by atoms with E-state index >= 15 is 0 Å². The van der Waals surface area contributed by atoms with Crippen molar-refractivity contribution in [3.8, 4) is 0 Å². The van der Waals surface area contributed by atoms with Gasteiger partial charge in [-0.15, -0.1) is 0 Å². The fourth-order valence-corrected chi connectivity index (χ4v) is 2.01. The first-order valence-electron chi connectivity index (χ1n) is 6.77. The van der Waals surface area contributed by atoms with Crippen molar-refractivity contribution in [3.63, 3.8) is 0 Å². The Labute approximate surface area is 116 Å². The molecule has 1 heterocycles. The summed E-state index contributed by atoms with van der Waals surface area (Å²) < 4.78 is 0. The summed E-state index contributed by atoms with van der Waals surface area (Å²) in [5, 5.41) is 0. The van der Waals surface area contributed by atoms with Crippen molar-refractivity contribution in [2.45, 2.75) is 39.7 Å². The number of hydrogen-bond acceptors (Lipinski definition) is 3. The van der Waals surface area contributed by atoms with Crippen LogP contribution >= 0.6 is 0 Å². The van der Waals surface area contributed by atoms with E-state index in [1.165, 1.54) is 0 Å². The SMILES string of the molecule is CN(Cc1cccnc1)C(=O)CCC(C)(C)CCN. The van der Waals surface area contributed by atoms with E-state index in [-0.39, 0.29) is 11.3 Å². The molecule has 0 saturated carbocycles. The lowest BCUT2D eigenvalue weighted by Crippen LogP contribution is -2.28. The predicted molar refractivity (Wildman–Crippen MR) is 77.4 cm³/mol. The lowest BCUT2D eigenvalue weighted by atomic mass is 9.84. The Morgan fingerprint density at radius 1 is 1.42 bits per heavy atom. The largest absolute Gasteiger partial charge is 0.341 e. The quantitative estimate of drug-likeness (QED) is 0.820. The van der Waals surface area contributed by atoms with Crippen LogP contribution in [0, 0.1) is 5.41 Å². The van der Waals surface area contributed by atoms with Crippen molar-refractivity contribution in [2.24, 2.45) is 11.1 Å². The second-order valence-electron chi connectivity index (χ2n) is 5.81. The molecule has 0 unspecified atom stereocenters. The molecule has 0 bridgehead atoms. The van der Waals surface area contributed by atoms with E-state index in [0.29, 0.717) is 19.5 Å². The minimum Gasteiger partial charge on any atom is -0.341 e. The topological polar surface area (TPSA) is 59.2 Å². The van der Waals surface area contributed by atoms with Gasteiger partial charge in [0.15, 0.2) is 0 Å². The minimum absolute atomic E-state index is 0.138. The molecule has 0 aliphatic carbocycles. The van der Waals surface area contributed by atoms with Crippen molar-refractivity contribution in [1.82, 2.24) is 9.88 Å². The Hall–Kier alpha value is -1.42. The highest BCUT2D eigenvalue weighted by molar-refractivity contribution is 5.75. The molecule has 1 aromatic rings. The van der Waals surface area contributed by atoms with Gasteiger partial charge in [0.05, 0.1) is 0 Å². The molecule has 2 N–H and O–H groups in total.